The Kier molecular flexibility index (Phi) is 3.69. The Balaban J connectivity index is 2.24. The van der Waals surface area contributed by atoms with Gasteiger partial charge in [-0.15, -0.1) is 0 Å². The summed E-state index contributed by atoms with van der Waals surface area (Å²) in [6, 6.07) is 4.69. The Morgan fingerprint density at radius 3 is 2.94 bits per heavy atom. The summed E-state index contributed by atoms with van der Waals surface area (Å²) < 4.78 is 0.728. The maximum absolute atomic E-state index is 12.2. The number of nitrogens with zero attached hydrogens (tertiary/aromatic N) is 1. The van der Waals surface area contributed by atoms with Crippen LogP contribution in [-0.2, 0) is 0 Å². The lowest BCUT2D eigenvalue weighted by Crippen LogP contribution is -2.37. The van der Waals surface area contributed by atoms with E-state index in [4.69, 9.17) is 0 Å². The van der Waals surface area contributed by atoms with Crippen molar-refractivity contribution in [3.63, 3.8) is 0 Å². The largest absolute Gasteiger partial charge is 0.507 e. The third kappa shape index (κ3) is 2.45. The Bertz CT molecular complexity index is 436. The van der Waals surface area contributed by atoms with Gasteiger partial charge in [0.2, 0.25) is 0 Å². The average molecular weight is 300 g/mol. The molecule has 1 aliphatic rings. The number of hydrogen-bond donors (Lipinski definition) is 2. The molecule has 1 aromatic rings. The third-order valence-electron chi connectivity index (χ3n) is 3.04. The number of phenolic OH excluding ortho intramolecular Hbond substituents is 1. The van der Waals surface area contributed by atoms with Crippen molar-refractivity contribution in [1.82, 2.24) is 4.90 Å². The summed E-state index contributed by atoms with van der Waals surface area (Å²) in [7, 11) is 0. The van der Waals surface area contributed by atoms with Crippen LogP contribution in [0.5, 0.6) is 5.75 Å². The van der Waals surface area contributed by atoms with Crippen LogP contribution in [0.15, 0.2) is 22.7 Å². The van der Waals surface area contributed by atoms with Crippen molar-refractivity contribution < 1.29 is 15.0 Å². The second kappa shape index (κ2) is 5.06. The topological polar surface area (TPSA) is 60.8 Å². The maximum atomic E-state index is 12.2. The molecule has 0 aliphatic carbocycles. The molecule has 0 radical (unpaired) electrons. The minimum atomic E-state index is -0.216. The molecule has 0 bridgehead atoms. The zero-order valence-corrected chi connectivity index (χ0v) is 10.9. The Labute approximate surface area is 108 Å². The molecule has 2 N–H and O–H groups in total. The lowest BCUT2D eigenvalue weighted by molar-refractivity contribution is 0.0674. The fourth-order valence-corrected chi connectivity index (χ4v) is 2.48. The lowest BCUT2D eigenvalue weighted by Gasteiger charge is -2.23. The minimum absolute atomic E-state index is 0.0248. The molecule has 2 rings (SSSR count). The zero-order valence-electron chi connectivity index (χ0n) is 9.27. The highest BCUT2D eigenvalue weighted by Gasteiger charge is 2.29. The van der Waals surface area contributed by atoms with Gasteiger partial charge in [-0.05, 0) is 31.0 Å². The predicted molar refractivity (Wildman–Crippen MR) is 67.0 cm³/mol. The number of likely N-dealkylation sites (tertiary alicyclic amines) is 1. The van der Waals surface area contributed by atoms with Crippen molar-refractivity contribution in [1.29, 1.82) is 0 Å². The van der Waals surface area contributed by atoms with Gasteiger partial charge in [0.15, 0.2) is 0 Å². The average Bonchev–Trinajstić information content (AvgIpc) is 2.76. The number of aliphatic hydroxyl groups excluding tert-OH is 1. The number of benzene rings is 1. The fraction of sp³-hybridized carbons (Fsp3) is 0.417. The summed E-state index contributed by atoms with van der Waals surface area (Å²) in [4.78, 5) is 13.8. The number of rotatable bonds is 2. The van der Waals surface area contributed by atoms with Crippen molar-refractivity contribution in [2.75, 3.05) is 13.2 Å². The van der Waals surface area contributed by atoms with Gasteiger partial charge < -0.3 is 15.1 Å². The number of aromatic hydroxyl groups is 1. The van der Waals surface area contributed by atoms with E-state index in [0.717, 1.165) is 17.3 Å². The standard InChI is InChI=1S/C12H14BrNO3/c13-8-3-4-10(11(16)6-8)12(17)14-5-1-2-9(14)7-15/h3-4,6,9,15-16H,1-2,5,7H2. The first-order valence-electron chi connectivity index (χ1n) is 5.54. The van der Waals surface area contributed by atoms with Crippen molar-refractivity contribution in [3.8, 4) is 5.75 Å². The van der Waals surface area contributed by atoms with Crippen molar-refractivity contribution in [2.24, 2.45) is 0 Å². The molecule has 92 valence electrons. The molecule has 1 amide bonds. The number of aliphatic hydroxyl groups is 1. The van der Waals surface area contributed by atoms with Gasteiger partial charge in [-0.25, -0.2) is 0 Å². The van der Waals surface area contributed by atoms with Crippen LogP contribution in [-0.4, -0.2) is 40.2 Å². The molecule has 5 heteroatoms. The van der Waals surface area contributed by atoms with Gasteiger partial charge in [0, 0.05) is 11.0 Å². The molecule has 1 aromatic carbocycles. The molecule has 1 heterocycles. The Hall–Kier alpha value is -1.07. The van der Waals surface area contributed by atoms with Crippen LogP contribution in [0.4, 0.5) is 0 Å². The van der Waals surface area contributed by atoms with Crippen LogP contribution in [0.1, 0.15) is 23.2 Å². The molecular weight excluding hydrogens is 286 g/mol. The van der Waals surface area contributed by atoms with E-state index >= 15 is 0 Å². The van der Waals surface area contributed by atoms with Gasteiger partial charge in [0.25, 0.3) is 5.91 Å². The monoisotopic (exact) mass is 299 g/mol. The Morgan fingerprint density at radius 1 is 1.53 bits per heavy atom. The van der Waals surface area contributed by atoms with Gasteiger partial charge in [0.05, 0.1) is 18.2 Å². The minimum Gasteiger partial charge on any atom is -0.507 e. The molecule has 1 unspecified atom stereocenters. The van der Waals surface area contributed by atoms with Gasteiger partial charge in [-0.2, -0.15) is 0 Å². The summed E-state index contributed by atoms with van der Waals surface area (Å²) in [5.41, 5.74) is 0.286. The van der Waals surface area contributed by atoms with Gasteiger partial charge in [0.1, 0.15) is 5.75 Å². The fourth-order valence-electron chi connectivity index (χ4n) is 2.13. The summed E-state index contributed by atoms with van der Waals surface area (Å²) in [6.07, 6.45) is 1.72. The van der Waals surface area contributed by atoms with Gasteiger partial charge >= 0.3 is 0 Å². The third-order valence-corrected chi connectivity index (χ3v) is 3.53. The van der Waals surface area contributed by atoms with Crippen LogP contribution in [0.25, 0.3) is 0 Å². The zero-order chi connectivity index (χ0) is 12.4. The number of carbonyl (C=O) groups is 1. The van der Waals surface area contributed by atoms with E-state index in [0.29, 0.717) is 6.54 Å². The number of halogens is 1. The van der Waals surface area contributed by atoms with Gasteiger partial charge in [-0.3, -0.25) is 4.79 Å². The van der Waals surface area contributed by atoms with E-state index in [1.54, 1.807) is 17.0 Å². The van der Waals surface area contributed by atoms with Crippen molar-refractivity contribution in [2.45, 2.75) is 18.9 Å². The lowest BCUT2D eigenvalue weighted by atomic mass is 10.1. The molecule has 1 saturated heterocycles. The number of hydrogen-bond acceptors (Lipinski definition) is 3. The highest BCUT2D eigenvalue weighted by atomic mass is 79.9. The molecule has 1 fully saturated rings. The second-order valence-corrected chi connectivity index (χ2v) is 5.05. The van der Waals surface area contributed by atoms with Crippen LogP contribution in [0.3, 0.4) is 0 Å². The van der Waals surface area contributed by atoms with E-state index < -0.39 is 0 Å². The summed E-state index contributed by atoms with van der Waals surface area (Å²) in [6.45, 7) is 0.614. The van der Waals surface area contributed by atoms with Crippen molar-refractivity contribution >= 4 is 21.8 Å². The van der Waals surface area contributed by atoms with E-state index in [-0.39, 0.29) is 29.9 Å². The molecular formula is C12H14BrNO3. The maximum Gasteiger partial charge on any atom is 0.257 e. The second-order valence-electron chi connectivity index (χ2n) is 4.14. The molecule has 1 atom stereocenters. The van der Waals surface area contributed by atoms with Crippen LogP contribution in [0.2, 0.25) is 0 Å². The molecule has 0 spiro atoms. The van der Waals surface area contributed by atoms with E-state index in [1.165, 1.54) is 6.07 Å². The van der Waals surface area contributed by atoms with E-state index in [1.807, 2.05) is 0 Å². The molecule has 0 aromatic heterocycles. The number of amides is 1. The van der Waals surface area contributed by atoms with E-state index in [2.05, 4.69) is 15.9 Å². The first kappa shape index (κ1) is 12.4. The highest BCUT2D eigenvalue weighted by molar-refractivity contribution is 9.10. The normalized spacial score (nSPS) is 19.6. The van der Waals surface area contributed by atoms with Crippen LogP contribution >= 0.6 is 15.9 Å². The summed E-state index contributed by atoms with van der Waals surface area (Å²) in [5.74, 6) is -0.250. The first-order valence-corrected chi connectivity index (χ1v) is 6.33. The van der Waals surface area contributed by atoms with Crippen molar-refractivity contribution in [3.05, 3.63) is 28.2 Å². The van der Waals surface area contributed by atoms with Crippen LogP contribution in [0, 0.1) is 0 Å². The summed E-state index contributed by atoms with van der Waals surface area (Å²) in [5, 5.41) is 18.9. The highest BCUT2D eigenvalue weighted by Crippen LogP contribution is 2.26. The predicted octanol–water partition coefficient (Wildman–Crippen LogP) is 1.75. The molecule has 0 saturated carbocycles. The first-order chi connectivity index (χ1) is 8.13. The summed E-state index contributed by atoms with van der Waals surface area (Å²) >= 11 is 3.23. The number of carbonyl (C=O) groups excluding carboxylic acids is 1. The van der Waals surface area contributed by atoms with Crippen LogP contribution < -0.4 is 0 Å². The quantitative estimate of drug-likeness (QED) is 0.875. The molecule has 1 aliphatic heterocycles. The number of phenols is 1. The van der Waals surface area contributed by atoms with Gasteiger partial charge in [-0.1, -0.05) is 15.9 Å². The molecule has 4 nitrogen and oxygen atoms in total. The smallest absolute Gasteiger partial charge is 0.257 e. The molecule has 17 heavy (non-hydrogen) atoms. The van der Waals surface area contributed by atoms with E-state index in [9.17, 15) is 15.0 Å². The SMILES string of the molecule is O=C(c1ccc(Br)cc1O)N1CCCC1CO. The Morgan fingerprint density at radius 2 is 2.29 bits per heavy atom.